The Morgan fingerprint density at radius 3 is 0.538 bits per heavy atom. The molecule has 0 aromatic carbocycles. The van der Waals surface area contributed by atoms with E-state index in [9.17, 15) is 0 Å². The zero-order valence-electron chi connectivity index (χ0n) is 5.79. The fraction of sp³-hybridized carbons (Fsp3) is 0. The maximum Gasteiger partial charge on any atom is 3.00 e. The summed E-state index contributed by atoms with van der Waals surface area (Å²) < 4.78 is 0. The van der Waals surface area contributed by atoms with E-state index >= 15 is 0 Å². The molecule has 0 aliphatic rings. The van der Waals surface area contributed by atoms with E-state index in [1.54, 1.807) is 0 Å². The molecule has 0 spiro atoms. The van der Waals surface area contributed by atoms with Gasteiger partial charge in [-0.2, -0.15) is 0 Å². The SMILES string of the molecule is [Bi+3].[Ge+2].[La+3].[O-][Si]([O-])([O-])[O-].[O-][Si]([O-])([O-])[O-]. The molecule has 0 amide bonds. The number of rotatable bonds is 0. The molecule has 0 N–H and O–H groups in total. The number of hydrogen-bond acceptors (Lipinski definition) is 8. The first-order valence-electron chi connectivity index (χ1n) is 1.63. The fourth-order valence-electron chi connectivity index (χ4n) is 0. The smallest absolute Gasteiger partial charge is 0.894 e. The summed E-state index contributed by atoms with van der Waals surface area (Å²) in [5, 5.41) is 0. The Labute approximate surface area is 134 Å². The zero-order chi connectivity index (χ0) is 9.00. The van der Waals surface area contributed by atoms with Gasteiger partial charge in [0.15, 0.2) is 0 Å². The van der Waals surface area contributed by atoms with Gasteiger partial charge in [0.25, 0.3) is 0 Å². The van der Waals surface area contributed by atoms with E-state index in [1.165, 1.54) is 0 Å². The van der Waals surface area contributed by atoms with Crippen molar-refractivity contribution in [3.8, 4) is 0 Å². The van der Waals surface area contributed by atoms with Crippen LogP contribution < -0.4 is 38.4 Å². The van der Waals surface area contributed by atoms with Crippen molar-refractivity contribution in [3.05, 3.63) is 0 Å². The van der Waals surface area contributed by atoms with Crippen LogP contribution in [0.5, 0.6) is 0 Å². The van der Waals surface area contributed by atoms with Crippen molar-refractivity contribution in [2.45, 2.75) is 0 Å². The van der Waals surface area contributed by atoms with Gasteiger partial charge in [-0.3, -0.25) is 0 Å². The second-order valence-corrected chi connectivity index (χ2v) is 3.00. The summed E-state index contributed by atoms with van der Waals surface area (Å²) in [7, 11) is -11.2. The summed E-state index contributed by atoms with van der Waals surface area (Å²) in [6.45, 7) is 0. The molecule has 0 unspecified atom stereocenters. The van der Waals surface area contributed by atoms with Gasteiger partial charge in [0, 0.05) is 0 Å². The van der Waals surface area contributed by atoms with E-state index in [4.69, 9.17) is 38.4 Å². The van der Waals surface area contributed by atoms with Gasteiger partial charge < -0.3 is 56.5 Å². The van der Waals surface area contributed by atoms with Crippen molar-refractivity contribution >= 4 is 61.9 Å². The van der Waals surface area contributed by atoms with Crippen molar-refractivity contribution in [1.82, 2.24) is 0 Å². The third kappa shape index (κ3) is 320. The third-order valence-corrected chi connectivity index (χ3v) is 0. The summed E-state index contributed by atoms with van der Waals surface area (Å²) >= 11 is 0. The molecule has 0 saturated carbocycles. The van der Waals surface area contributed by atoms with Crippen LogP contribution in [0.4, 0.5) is 0 Å². The molecule has 68 valence electrons. The minimum Gasteiger partial charge on any atom is -0.894 e. The van der Waals surface area contributed by atoms with Gasteiger partial charge in [0.05, 0.1) is 0 Å². The van der Waals surface area contributed by atoms with Crippen LogP contribution in [-0.2, 0) is 0 Å². The molecular weight excluding hydrogens is 605 g/mol. The Morgan fingerprint density at radius 1 is 0.538 bits per heavy atom. The van der Waals surface area contributed by atoms with E-state index in [0.29, 0.717) is 0 Å². The van der Waals surface area contributed by atoms with Gasteiger partial charge in [-0.25, -0.2) is 0 Å². The first kappa shape index (κ1) is 29.6. The maximum atomic E-state index is 8.58. The van der Waals surface area contributed by atoms with Crippen LogP contribution in [0, 0.1) is 35.6 Å². The van der Waals surface area contributed by atoms with Gasteiger partial charge in [-0.15, -0.1) is 0 Å². The quantitative estimate of drug-likeness (QED) is 0.244. The number of hydrogen-bond donors (Lipinski definition) is 0. The first-order valence-corrected chi connectivity index (χ1v) is 4.90. The molecule has 0 bridgehead atoms. The van der Waals surface area contributed by atoms with E-state index in [0.717, 1.165) is 0 Å². The van der Waals surface area contributed by atoms with Crippen molar-refractivity contribution in [2.75, 3.05) is 0 Å². The zero-order valence-corrected chi connectivity index (χ0v) is 17.0. The van der Waals surface area contributed by atoms with Crippen LogP contribution in [0.15, 0.2) is 0 Å². The molecule has 0 heterocycles. The third-order valence-electron chi connectivity index (χ3n) is 0. The summed E-state index contributed by atoms with van der Waals surface area (Å²) in [6.07, 6.45) is 0. The minimum absolute atomic E-state index is 0. The molecule has 0 aliphatic carbocycles. The van der Waals surface area contributed by atoms with Crippen LogP contribution in [0.25, 0.3) is 0 Å². The van der Waals surface area contributed by atoms with E-state index in [2.05, 4.69) is 0 Å². The molecule has 13 heavy (non-hydrogen) atoms. The van der Waals surface area contributed by atoms with Crippen LogP contribution in [0.3, 0.4) is 0 Å². The molecule has 0 fully saturated rings. The molecule has 4 radical (unpaired) electrons. The fourth-order valence-corrected chi connectivity index (χ4v) is 0. The predicted octanol–water partition coefficient (Wildman–Crippen LogP) is -11.0. The second kappa shape index (κ2) is 12.8. The van der Waals surface area contributed by atoms with Crippen molar-refractivity contribution in [2.24, 2.45) is 0 Å². The summed E-state index contributed by atoms with van der Waals surface area (Å²) in [5.74, 6) is 0. The molecule has 0 atom stereocenters. The molecule has 0 saturated heterocycles. The Balaban J connectivity index is -0.0000000267. The van der Waals surface area contributed by atoms with E-state index in [1.807, 2.05) is 0 Å². The molecule has 0 aromatic rings. The van der Waals surface area contributed by atoms with Gasteiger partial charge in [0.2, 0.25) is 0 Å². The summed E-state index contributed by atoms with van der Waals surface area (Å²) in [6, 6.07) is 0. The monoisotopic (exact) mass is 606 g/mol. The summed E-state index contributed by atoms with van der Waals surface area (Å²) in [5.41, 5.74) is 0. The summed E-state index contributed by atoms with van der Waals surface area (Å²) in [4.78, 5) is 68.6. The minimum atomic E-state index is -5.61. The topological polar surface area (TPSA) is 184 Å². The van der Waals surface area contributed by atoms with Crippen LogP contribution in [-0.4, -0.2) is 61.9 Å². The van der Waals surface area contributed by atoms with Crippen molar-refractivity contribution < 1.29 is 74.0 Å². The van der Waals surface area contributed by atoms with E-state index in [-0.39, 0.29) is 79.4 Å². The second-order valence-electron chi connectivity index (χ2n) is 1.00. The molecule has 0 rings (SSSR count). The van der Waals surface area contributed by atoms with Gasteiger partial charge in [-0.05, 0) is 0 Å². The van der Waals surface area contributed by atoms with E-state index < -0.39 is 18.1 Å². The molecule has 0 aromatic heterocycles. The molecule has 8 nitrogen and oxygen atoms in total. The Kier molecular flexibility index (Phi) is 29.2. The van der Waals surface area contributed by atoms with Gasteiger partial charge in [0.1, 0.15) is 0 Å². The Morgan fingerprint density at radius 2 is 0.538 bits per heavy atom. The van der Waals surface area contributed by atoms with Crippen LogP contribution >= 0.6 is 0 Å². The Hall–Kier alpha value is 2.73. The maximum absolute atomic E-state index is 8.58. The van der Waals surface area contributed by atoms with Crippen molar-refractivity contribution in [3.63, 3.8) is 0 Å². The average molecular weight is 605 g/mol. The first-order chi connectivity index (χ1) is 4.00. The Bertz CT molecular complexity index is 65.1. The molecular formula is BiGeLaO8Si2. The van der Waals surface area contributed by atoms with Crippen LogP contribution in [0.2, 0.25) is 0 Å². The van der Waals surface area contributed by atoms with Crippen molar-refractivity contribution in [1.29, 1.82) is 0 Å². The normalized spacial score (nSPS) is 9.23. The average Bonchev–Trinajstić information content (AvgIpc) is 1.12. The molecule has 0 aliphatic heterocycles. The largest absolute Gasteiger partial charge is 3.00 e. The molecule has 13 heteroatoms. The van der Waals surface area contributed by atoms with Crippen LogP contribution in [0.1, 0.15) is 0 Å². The standard InChI is InChI=1S/Bi.Ge.La.2O4Si/c;;;2*1-5(2,3)4/q+3;+2;+3;2*-4. The predicted molar refractivity (Wildman–Crippen MR) is 23.0 cm³/mol. The van der Waals surface area contributed by atoms with Gasteiger partial charge in [-0.1, -0.05) is 0 Å². The van der Waals surface area contributed by atoms with Gasteiger partial charge >= 0.3 is 79.4 Å².